The minimum Gasteiger partial charge on any atom is -0.356 e. The van der Waals surface area contributed by atoms with Crippen LogP contribution < -0.4 is 10.6 Å². The van der Waals surface area contributed by atoms with Crippen LogP contribution in [0.25, 0.3) is 0 Å². The van der Waals surface area contributed by atoms with E-state index in [1.54, 1.807) is 13.2 Å². The van der Waals surface area contributed by atoms with Crippen LogP contribution in [-0.2, 0) is 6.54 Å². The molecule has 1 fully saturated rings. The Labute approximate surface area is 162 Å². The molecule has 2 atom stereocenters. The molecule has 0 bridgehead atoms. The van der Waals surface area contributed by atoms with Gasteiger partial charge < -0.3 is 10.6 Å². The molecule has 1 saturated carbocycles. The van der Waals surface area contributed by atoms with Crippen molar-refractivity contribution >= 4 is 29.9 Å². The number of nitrogens with one attached hydrogen (secondary N) is 2. The van der Waals surface area contributed by atoms with Gasteiger partial charge >= 0.3 is 0 Å². The van der Waals surface area contributed by atoms with E-state index in [1.807, 2.05) is 16.9 Å². The molecule has 2 N–H and O–H groups in total. The van der Waals surface area contributed by atoms with Crippen molar-refractivity contribution in [2.75, 3.05) is 13.6 Å². The minimum absolute atomic E-state index is 0. The summed E-state index contributed by atoms with van der Waals surface area (Å²) in [6, 6.07) is 5.89. The zero-order chi connectivity index (χ0) is 16.9. The number of aryl methyl sites for hydroxylation is 1. The number of hydrogen-bond donors (Lipinski definition) is 2. The SMILES string of the molecule is CN=C(NCCCn1cccn1)NC1CC1c1c(F)cccc1F.I. The smallest absolute Gasteiger partial charge is 0.191 e. The predicted molar refractivity (Wildman–Crippen MR) is 104 cm³/mol. The standard InChI is InChI=1S/C17H21F2N5.HI/c1-20-17(21-7-3-9-24-10-4-8-22-24)23-15-11-12(15)16-13(18)5-2-6-14(16)19;/h2,4-6,8,10,12,15H,3,7,9,11H2,1H3,(H2,20,21,23);1H. The van der Waals surface area contributed by atoms with E-state index >= 15 is 0 Å². The lowest BCUT2D eigenvalue weighted by Crippen LogP contribution is -2.39. The normalized spacial score (nSPS) is 19.2. The van der Waals surface area contributed by atoms with E-state index in [1.165, 1.54) is 18.2 Å². The van der Waals surface area contributed by atoms with E-state index in [0.717, 1.165) is 19.5 Å². The molecule has 0 radical (unpaired) electrons. The van der Waals surface area contributed by atoms with E-state index in [2.05, 4.69) is 20.7 Å². The Balaban J connectivity index is 0.00000225. The first-order valence-corrected chi connectivity index (χ1v) is 8.07. The van der Waals surface area contributed by atoms with Crippen molar-refractivity contribution < 1.29 is 8.78 Å². The molecule has 2 unspecified atom stereocenters. The Morgan fingerprint density at radius 2 is 2.08 bits per heavy atom. The maximum absolute atomic E-state index is 13.8. The van der Waals surface area contributed by atoms with Gasteiger partial charge in [-0.1, -0.05) is 6.07 Å². The van der Waals surface area contributed by atoms with Gasteiger partial charge in [0.2, 0.25) is 0 Å². The second-order valence-electron chi connectivity index (χ2n) is 5.85. The van der Waals surface area contributed by atoms with Crippen LogP contribution in [-0.4, -0.2) is 35.4 Å². The summed E-state index contributed by atoms with van der Waals surface area (Å²) in [5.41, 5.74) is 0.170. The van der Waals surface area contributed by atoms with Crippen molar-refractivity contribution in [3.05, 3.63) is 53.9 Å². The third kappa shape index (κ3) is 5.13. The Hall–Kier alpha value is -1.71. The quantitative estimate of drug-likeness (QED) is 0.301. The summed E-state index contributed by atoms with van der Waals surface area (Å²) in [5, 5.41) is 10.6. The predicted octanol–water partition coefficient (Wildman–Crippen LogP) is 2.89. The molecular weight excluding hydrogens is 439 g/mol. The lowest BCUT2D eigenvalue weighted by Gasteiger charge is -2.12. The molecule has 2 aromatic rings. The molecule has 136 valence electrons. The first-order chi connectivity index (χ1) is 11.7. The molecule has 1 heterocycles. The Morgan fingerprint density at radius 1 is 1.32 bits per heavy atom. The Kier molecular flexibility index (Phi) is 7.15. The van der Waals surface area contributed by atoms with Gasteiger partial charge in [0.1, 0.15) is 11.6 Å². The van der Waals surface area contributed by atoms with Crippen LogP contribution in [0.4, 0.5) is 8.78 Å². The van der Waals surface area contributed by atoms with Crippen molar-refractivity contribution in [1.29, 1.82) is 0 Å². The average molecular weight is 461 g/mol. The highest BCUT2D eigenvalue weighted by Gasteiger charge is 2.42. The highest BCUT2D eigenvalue weighted by Crippen LogP contribution is 2.42. The first-order valence-electron chi connectivity index (χ1n) is 8.07. The van der Waals surface area contributed by atoms with Gasteiger partial charge in [-0.05, 0) is 31.0 Å². The van der Waals surface area contributed by atoms with Gasteiger partial charge in [0.05, 0.1) is 0 Å². The molecule has 1 aromatic heterocycles. The second-order valence-corrected chi connectivity index (χ2v) is 5.85. The minimum atomic E-state index is -0.480. The number of halogens is 3. The van der Waals surface area contributed by atoms with E-state index < -0.39 is 11.6 Å². The van der Waals surface area contributed by atoms with Gasteiger partial charge in [-0.3, -0.25) is 9.67 Å². The summed E-state index contributed by atoms with van der Waals surface area (Å²) in [7, 11) is 1.68. The topological polar surface area (TPSA) is 54.2 Å². The maximum atomic E-state index is 13.8. The van der Waals surface area contributed by atoms with Gasteiger partial charge in [0, 0.05) is 50.1 Å². The van der Waals surface area contributed by atoms with Crippen LogP contribution in [0.1, 0.15) is 24.3 Å². The third-order valence-electron chi connectivity index (χ3n) is 4.12. The van der Waals surface area contributed by atoms with Crippen LogP contribution in [0.3, 0.4) is 0 Å². The number of guanidine groups is 1. The van der Waals surface area contributed by atoms with Gasteiger partial charge in [-0.15, -0.1) is 24.0 Å². The fraction of sp³-hybridized carbons (Fsp3) is 0.412. The van der Waals surface area contributed by atoms with Crippen molar-refractivity contribution in [2.24, 2.45) is 4.99 Å². The molecular formula is C17H22F2IN5. The molecule has 1 aromatic carbocycles. The molecule has 1 aliphatic carbocycles. The number of rotatable bonds is 6. The zero-order valence-corrected chi connectivity index (χ0v) is 16.3. The monoisotopic (exact) mass is 461 g/mol. The molecule has 8 heteroatoms. The van der Waals surface area contributed by atoms with Gasteiger partial charge in [-0.2, -0.15) is 5.10 Å². The van der Waals surface area contributed by atoms with Crippen molar-refractivity contribution in [1.82, 2.24) is 20.4 Å². The van der Waals surface area contributed by atoms with E-state index in [4.69, 9.17) is 0 Å². The molecule has 5 nitrogen and oxygen atoms in total. The fourth-order valence-electron chi connectivity index (χ4n) is 2.79. The van der Waals surface area contributed by atoms with Crippen LogP contribution >= 0.6 is 24.0 Å². The molecule has 0 amide bonds. The number of hydrogen-bond acceptors (Lipinski definition) is 2. The Bertz CT molecular complexity index is 685. The molecule has 0 aliphatic heterocycles. The summed E-state index contributed by atoms with van der Waals surface area (Å²) < 4.78 is 29.5. The van der Waals surface area contributed by atoms with Crippen molar-refractivity contribution in [2.45, 2.75) is 31.3 Å². The highest BCUT2D eigenvalue weighted by atomic mass is 127. The van der Waals surface area contributed by atoms with E-state index in [-0.39, 0.29) is 41.5 Å². The number of benzene rings is 1. The lowest BCUT2D eigenvalue weighted by atomic mass is 10.1. The number of aliphatic imine (C=N–C) groups is 1. The summed E-state index contributed by atoms with van der Waals surface area (Å²) in [6.07, 6.45) is 5.28. The zero-order valence-electron chi connectivity index (χ0n) is 14.0. The highest BCUT2D eigenvalue weighted by molar-refractivity contribution is 14.0. The molecule has 0 spiro atoms. The molecule has 0 saturated heterocycles. The summed E-state index contributed by atoms with van der Waals surface area (Å²) in [4.78, 5) is 4.16. The largest absolute Gasteiger partial charge is 0.356 e. The average Bonchev–Trinajstić information content (AvgIpc) is 3.10. The van der Waals surface area contributed by atoms with Gasteiger partial charge in [0.15, 0.2) is 5.96 Å². The van der Waals surface area contributed by atoms with Gasteiger partial charge in [0.25, 0.3) is 0 Å². The first kappa shape index (κ1) is 19.6. The van der Waals surface area contributed by atoms with Crippen LogP contribution in [0.2, 0.25) is 0 Å². The van der Waals surface area contributed by atoms with E-state index in [9.17, 15) is 8.78 Å². The fourth-order valence-corrected chi connectivity index (χ4v) is 2.79. The van der Waals surface area contributed by atoms with Crippen LogP contribution in [0.5, 0.6) is 0 Å². The van der Waals surface area contributed by atoms with Gasteiger partial charge in [-0.25, -0.2) is 8.78 Å². The summed E-state index contributed by atoms with van der Waals surface area (Å²) >= 11 is 0. The lowest BCUT2D eigenvalue weighted by molar-refractivity contribution is 0.552. The van der Waals surface area contributed by atoms with Crippen LogP contribution in [0.15, 0.2) is 41.7 Å². The number of nitrogens with zero attached hydrogens (tertiary/aromatic N) is 3. The Morgan fingerprint density at radius 3 is 2.72 bits per heavy atom. The molecule has 3 rings (SSSR count). The summed E-state index contributed by atoms with van der Waals surface area (Å²) in [5.74, 6) is -0.452. The van der Waals surface area contributed by atoms with Crippen molar-refractivity contribution in [3.63, 3.8) is 0 Å². The van der Waals surface area contributed by atoms with E-state index in [0.29, 0.717) is 12.4 Å². The third-order valence-corrected chi connectivity index (χ3v) is 4.12. The molecule has 1 aliphatic rings. The van der Waals surface area contributed by atoms with Crippen molar-refractivity contribution in [3.8, 4) is 0 Å². The number of aromatic nitrogens is 2. The maximum Gasteiger partial charge on any atom is 0.191 e. The summed E-state index contributed by atoms with van der Waals surface area (Å²) in [6.45, 7) is 1.56. The second kappa shape index (κ2) is 9.12. The molecule has 25 heavy (non-hydrogen) atoms. The van der Waals surface area contributed by atoms with Crippen LogP contribution in [0, 0.1) is 11.6 Å².